The summed E-state index contributed by atoms with van der Waals surface area (Å²) in [5.41, 5.74) is 3.21. The largest absolute Gasteiger partial charge is 0.464 e. The van der Waals surface area contributed by atoms with Gasteiger partial charge in [-0.15, -0.1) is 10.2 Å². The first-order valence-corrected chi connectivity index (χ1v) is 7.21. The second-order valence-electron chi connectivity index (χ2n) is 4.80. The molecular formula is C16H13ClN4O2. The maximum atomic E-state index is 11.9. The molecule has 7 heteroatoms. The standard InChI is InChI=1S/C16H13ClN4O2/c1-10-11(5-3-7-18-10)12-9-14(15(17)20-19-12)21-8-4-6-13(21)16(22)23-2/h3-9H,1-2H3. The summed E-state index contributed by atoms with van der Waals surface area (Å²) in [5, 5.41) is 8.31. The first kappa shape index (κ1) is 15.2. The number of hydrogen-bond donors (Lipinski definition) is 0. The minimum atomic E-state index is -0.456. The zero-order valence-corrected chi connectivity index (χ0v) is 13.3. The van der Waals surface area contributed by atoms with Crippen molar-refractivity contribution < 1.29 is 9.53 Å². The van der Waals surface area contributed by atoms with Crippen LogP contribution in [0.15, 0.2) is 42.7 Å². The van der Waals surface area contributed by atoms with E-state index in [4.69, 9.17) is 16.3 Å². The van der Waals surface area contributed by atoms with Crippen LogP contribution < -0.4 is 0 Å². The molecule has 0 aliphatic carbocycles. The molecule has 6 nitrogen and oxygen atoms in total. The molecule has 0 saturated carbocycles. The molecule has 0 atom stereocenters. The lowest BCUT2D eigenvalue weighted by molar-refractivity contribution is 0.0591. The number of rotatable bonds is 3. The Bertz CT molecular complexity index is 876. The molecule has 3 rings (SSSR count). The smallest absolute Gasteiger partial charge is 0.355 e. The zero-order valence-electron chi connectivity index (χ0n) is 12.5. The number of carbonyl (C=O) groups is 1. The second kappa shape index (κ2) is 6.18. The van der Waals surface area contributed by atoms with E-state index in [1.54, 1.807) is 35.2 Å². The maximum absolute atomic E-state index is 11.9. The zero-order chi connectivity index (χ0) is 16.4. The van der Waals surface area contributed by atoms with Crippen molar-refractivity contribution in [1.29, 1.82) is 0 Å². The summed E-state index contributed by atoms with van der Waals surface area (Å²) in [5.74, 6) is -0.456. The molecule has 0 aliphatic heterocycles. The Hall–Kier alpha value is -2.73. The van der Waals surface area contributed by atoms with Crippen LogP contribution in [0, 0.1) is 6.92 Å². The van der Waals surface area contributed by atoms with Crippen LogP contribution in [0.25, 0.3) is 16.9 Å². The molecule has 3 heterocycles. The molecule has 3 aromatic rings. The Morgan fingerprint density at radius 2 is 2.09 bits per heavy atom. The van der Waals surface area contributed by atoms with Crippen molar-refractivity contribution in [2.24, 2.45) is 0 Å². The van der Waals surface area contributed by atoms with Gasteiger partial charge < -0.3 is 9.30 Å². The summed E-state index contributed by atoms with van der Waals surface area (Å²) in [4.78, 5) is 16.1. The molecule has 0 aromatic carbocycles. The second-order valence-corrected chi connectivity index (χ2v) is 5.16. The summed E-state index contributed by atoms with van der Waals surface area (Å²) in [6, 6.07) is 8.89. The lowest BCUT2D eigenvalue weighted by atomic mass is 10.1. The normalized spacial score (nSPS) is 10.6. The Balaban J connectivity index is 2.15. The van der Waals surface area contributed by atoms with E-state index in [2.05, 4.69) is 15.2 Å². The van der Waals surface area contributed by atoms with Gasteiger partial charge in [0.2, 0.25) is 0 Å². The summed E-state index contributed by atoms with van der Waals surface area (Å²) in [6.45, 7) is 1.89. The molecule has 0 aliphatic rings. The van der Waals surface area contributed by atoms with E-state index >= 15 is 0 Å². The number of halogens is 1. The molecule has 23 heavy (non-hydrogen) atoms. The fraction of sp³-hybridized carbons (Fsp3) is 0.125. The lowest BCUT2D eigenvalue weighted by Crippen LogP contribution is -2.10. The summed E-state index contributed by atoms with van der Waals surface area (Å²) in [7, 11) is 1.33. The fourth-order valence-corrected chi connectivity index (χ4v) is 2.47. The summed E-state index contributed by atoms with van der Waals surface area (Å²) >= 11 is 6.17. The molecule has 116 valence electrons. The Labute approximate surface area is 137 Å². The highest BCUT2D eigenvalue weighted by atomic mass is 35.5. The van der Waals surface area contributed by atoms with E-state index < -0.39 is 5.97 Å². The van der Waals surface area contributed by atoms with Crippen LogP contribution in [0.2, 0.25) is 5.15 Å². The van der Waals surface area contributed by atoms with Crippen molar-refractivity contribution >= 4 is 17.6 Å². The Morgan fingerprint density at radius 1 is 1.26 bits per heavy atom. The number of pyridine rings is 1. The van der Waals surface area contributed by atoms with Gasteiger partial charge in [-0.3, -0.25) is 4.98 Å². The van der Waals surface area contributed by atoms with Crippen molar-refractivity contribution in [3.05, 3.63) is 59.3 Å². The van der Waals surface area contributed by atoms with Gasteiger partial charge in [0.1, 0.15) is 5.69 Å². The molecule has 0 spiro atoms. The third-order valence-corrected chi connectivity index (χ3v) is 3.69. The summed E-state index contributed by atoms with van der Waals surface area (Å²) < 4.78 is 6.40. The minimum Gasteiger partial charge on any atom is -0.464 e. The van der Waals surface area contributed by atoms with Gasteiger partial charge in [-0.2, -0.15) is 0 Å². The molecule has 3 aromatic heterocycles. The van der Waals surface area contributed by atoms with Gasteiger partial charge >= 0.3 is 5.97 Å². The van der Waals surface area contributed by atoms with Gasteiger partial charge in [0.15, 0.2) is 5.15 Å². The van der Waals surface area contributed by atoms with E-state index in [9.17, 15) is 4.79 Å². The molecule has 0 amide bonds. The van der Waals surface area contributed by atoms with Gasteiger partial charge in [0.05, 0.1) is 18.5 Å². The topological polar surface area (TPSA) is 69.9 Å². The third kappa shape index (κ3) is 2.80. The van der Waals surface area contributed by atoms with Gasteiger partial charge in [0.25, 0.3) is 0 Å². The van der Waals surface area contributed by atoms with Crippen LogP contribution in [-0.2, 0) is 4.74 Å². The van der Waals surface area contributed by atoms with Crippen molar-refractivity contribution in [3.8, 4) is 16.9 Å². The number of ether oxygens (including phenoxy) is 1. The molecule has 0 fully saturated rings. The summed E-state index contributed by atoms with van der Waals surface area (Å²) in [6.07, 6.45) is 3.43. The quantitative estimate of drug-likeness (QED) is 0.691. The molecule has 0 N–H and O–H groups in total. The van der Waals surface area contributed by atoms with E-state index in [0.29, 0.717) is 17.1 Å². The van der Waals surface area contributed by atoms with Crippen LogP contribution in [0.5, 0.6) is 0 Å². The SMILES string of the molecule is COC(=O)c1cccn1-c1cc(-c2cccnc2C)nnc1Cl. The van der Waals surface area contributed by atoms with Crippen molar-refractivity contribution in [2.45, 2.75) is 6.92 Å². The van der Waals surface area contributed by atoms with Crippen LogP contribution in [-0.4, -0.2) is 32.8 Å². The lowest BCUT2D eigenvalue weighted by Gasteiger charge is -2.11. The predicted octanol–water partition coefficient (Wildman–Crippen LogP) is 3.08. The fourth-order valence-electron chi connectivity index (χ4n) is 2.28. The number of nitrogens with zero attached hydrogens (tertiary/aromatic N) is 4. The average Bonchev–Trinajstić information content (AvgIpc) is 3.04. The molecule has 0 saturated heterocycles. The van der Waals surface area contributed by atoms with Gasteiger partial charge in [-0.05, 0) is 37.3 Å². The van der Waals surface area contributed by atoms with Crippen LogP contribution in [0.1, 0.15) is 16.2 Å². The van der Waals surface area contributed by atoms with Crippen LogP contribution >= 0.6 is 11.6 Å². The number of hydrogen-bond acceptors (Lipinski definition) is 5. The third-order valence-electron chi connectivity index (χ3n) is 3.42. The number of aryl methyl sites for hydroxylation is 1. The van der Waals surface area contributed by atoms with Gasteiger partial charge in [-0.25, -0.2) is 4.79 Å². The number of aromatic nitrogens is 4. The molecular weight excluding hydrogens is 316 g/mol. The minimum absolute atomic E-state index is 0.191. The van der Waals surface area contributed by atoms with Crippen molar-refractivity contribution in [3.63, 3.8) is 0 Å². The van der Waals surface area contributed by atoms with Crippen molar-refractivity contribution in [2.75, 3.05) is 7.11 Å². The van der Waals surface area contributed by atoms with E-state index in [-0.39, 0.29) is 5.15 Å². The molecule has 0 radical (unpaired) electrons. The first-order valence-electron chi connectivity index (χ1n) is 6.83. The average molecular weight is 329 g/mol. The highest BCUT2D eigenvalue weighted by Gasteiger charge is 2.16. The predicted molar refractivity (Wildman–Crippen MR) is 85.7 cm³/mol. The highest BCUT2D eigenvalue weighted by molar-refractivity contribution is 6.31. The first-order chi connectivity index (χ1) is 11.1. The Morgan fingerprint density at radius 3 is 2.83 bits per heavy atom. The van der Waals surface area contributed by atoms with E-state index in [0.717, 1.165) is 11.3 Å². The molecule has 0 unspecified atom stereocenters. The maximum Gasteiger partial charge on any atom is 0.355 e. The van der Waals surface area contributed by atoms with Gasteiger partial charge in [-0.1, -0.05) is 11.6 Å². The van der Waals surface area contributed by atoms with E-state index in [1.165, 1.54) is 7.11 Å². The van der Waals surface area contributed by atoms with Crippen molar-refractivity contribution in [1.82, 2.24) is 19.7 Å². The monoisotopic (exact) mass is 328 g/mol. The highest BCUT2D eigenvalue weighted by Crippen LogP contribution is 2.26. The van der Waals surface area contributed by atoms with Crippen LogP contribution in [0.4, 0.5) is 0 Å². The number of esters is 1. The number of methoxy groups -OCH3 is 1. The van der Waals surface area contributed by atoms with Crippen LogP contribution in [0.3, 0.4) is 0 Å². The molecule has 0 bridgehead atoms. The number of carbonyl (C=O) groups excluding carboxylic acids is 1. The Kier molecular flexibility index (Phi) is 4.08. The van der Waals surface area contributed by atoms with E-state index in [1.807, 2.05) is 19.1 Å². The van der Waals surface area contributed by atoms with Gasteiger partial charge in [0, 0.05) is 23.7 Å².